The van der Waals surface area contributed by atoms with Crippen molar-refractivity contribution in [3.63, 3.8) is 0 Å². The molecule has 0 amide bonds. The van der Waals surface area contributed by atoms with Crippen LogP contribution in [0.25, 0.3) is 0 Å². The van der Waals surface area contributed by atoms with Crippen LogP contribution in [0.3, 0.4) is 0 Å². The Morgan fingerprint density at radius 1 is 0.900 bits per heavy atom. The summed E-state index contributed by atoms with van der Waals surface area (Å²) in [4.78, 5) is 0. The maximum Gasteiger partial charge on any atom is 0.160 e. The third-order valence-electron chi connectivity index (χ3n) is 3.02. The number of methoxy groups -OCH3 is 2. The summed E-state index contributed by atoms with van der Waals surface area (Å²) in [6.45, 7) is 0.559. The SMILES string of the molecule is COc1ccc(CCOc2ccccc2N)cc1OC. The normalized spacial score (nSPS) is 10.1. The van der Waals surface area contributed by atoms with Crippen LogP contribution >= 0.6 is 0 Å². The standard InChI is InChI=1S/C16H19NO3/c1-18-15-8-7-12(11-16(15)19-2)9-10-20-14-6-4-3-5-13(14)17/h3-8,11H,9-10,17H2,1-2H3. The largest absolute Gasteiger partial charge is 0.493 e. The Balaban J connectivity index is 1.96. The summed E-state index contributed by atoms with van der Waals surface area (Å²) >= 11 is 0. The van der Waals surface area contributed by atoms with Gasteiger partial charge in [-0.3, -0.25) is 0 Å². The molecule has 0 atom stereocenters. The van der Waals surface area contributed by atoms with Crippen molar-refractivity contribution in [3.05, 3.63) is 48.0 Å². The Bertz CT molecular complexity index is 569. The highest BCUT2D eigenvalue weighted by atomic mass is 16.5. The van der Waals surface area contributed by atoms with Gasteiger partial charge >= 0.3 is 0 Å². The average Bonchev–Trinajstić information content (AvgIpc) is 2.49. The predicted molar refractivity (Wildman–Crippen MR) is 79.6 cm³/mol. The van der Waals surface area contributed by atoms with E-state index in [1.54, 1.807) is 14.2 Å². The van der Waals surface area contributed by atoms with Crippen molar-refractivity contribution in [2.75, 3.05) is 26.6 Å². The Kier molecular flexibility index (Phi) is 4.71. The Morgan fingerprint density at radius 3 is 2.35 bits per heavy atom. The van der Waals surface area contributed by atoms with Crippen molar-refractivity contribution in [1.29, 1.82) is 0 Å². The minimum Gasteiger partial charge on any atom is -0.493 e. The fourth-order valence-electron chi connectivity index (χ4n) is 1.93. The van der Waals surface area contributed by atoms with E-state index in [1.165, 1.54) is 0 Å². The first-order valence-corrected chi connectivity index (χ1v) is 6.43. The molecule has 0 saturated heterocycles. The molecule has 4 nitrogen and oxygen atoms in total. The van der Waals surface area contributed by atoms with E-state index in [1.807, 2.05) is 42.5 Å². The van der Waals surface area contributed by atoms with E-state index in [2.05, 4.69) is 0 Å². The lowest BCUT2D eigenvalue weighted by Gasteiger charge is -2.11. The van der Waals surface area contributed by atoms with E-state index in [0.717, 1.165) is 23.5 Å². The summed E-state index contributed by atoms with van der Waals surface area (Å²) in [5, 5.41) is 0. The first-order valence-electron chi connectivity index (χ1n) is 6.43. The highest BCUT2D eigenvalue weighted by Crippen LogP contribution is 2.28. The summed E-state index contributed by atoms with van der Waals surface area (Å²) in [5.74, 6) is 2.17. The molecule has 2 aromatic carbocycles. The molecule has 2 rings (SSSR count). The van der Waals surface area contributed by atoms with Gasteiger partial charge in [-0.05, 0) is 29.8 Å². The molecule has 20 heavy (non-hydrogen) atoms. The first kappa shape index (κ1) is 14.1. The third-order valence-corrected chi connectivity index (χ3v) is 3.02. The van der Waals surface area contributed by atoms with Gasteiger partial charge in [0.25, 0.3) is 0 Å². The van der Waals surface area contributed by atoms with Gasteiger partial charge in [0.05, 0.1) is 26.5 Å². The number of nitrogens with two attached hydrogens (primary N) is 1. The molecule has 0 aromatic heterocycles. The second-order valence-corrected chi connectivity index (χ2v) is 4.33. The van der Waals surface area contributed by atoms with Gasteiger partial charge in [0, 0.05) is 6.42 Å². The second kappa shape index (κ2) is 6.70. The molecule has 0 aliphatic carbocycles. The van der Waals surface area contributed by atoms with Crippen molar-refractivity contribution in [2.45, 2.75) is 6.42 Å². The Hall–Kier alpha value is -2.36. The van der Waals surface area contributed by atoms with E-state index in [4.69, 9.17) is 19.9 Å². The fourth-order valence-corrected chi connectivity index (χ4v) is 1.93. The molecular formula is C16H19NO3. The van der Waals surface area contributed by atoms with Crippen molar-refractivity contribution in [1.82, 2.24) is 0 Å². The number of benzene rings is 2. The molecule has 0 radical (unpaired) electrons. The topological polar surface area (TPSA) is 53.7 Å². The molecule has 0 fully saturated rings. The zero-order chi connectivity index (χ0) is 14.4. The van der Waals surface area contributed by atoms with Crippen LogP contribution in [0, 0.1) is 0 Å². The number of nitrogen functional groups attached to an aromatic ring is 1. The van der Waals surface area contributed by atoms with E-state index >= 15 is 0 Å². The fraction of sp³-hybridized carbons (Fsp3) is 0.250. The highest BCUT2D eigenvalue weighted by molar-refractivity contribution is 5.51. The molecule has 106 valence electrons. The van der Waals surface area contributed by atoms with E-state index in [9.17, 15) is 0 Å². The number of anilines is 1. The van der Waals surface area contributed by atoms with Crippen LogP contribution in [-0.4, -0.2) is 20.8 Å². The Morgan fingerprint density at radius 2 is 1.65 bits per heavy atom. The number of hydrogen-bond donors (Lipinski definition) is 1. The van der Waals surface area contributed by atoms with Gasteiger partial charge in [-0.15, -0.1) is 0 Å². The molecular weight excluding hydrogens is 254 g/mol. The van der Waals surface area contributed by atoms with Crippen molar-refractivity contribution in [3.8, 4) is 17.2 Å². The first-order chi connectivity index (χ1) is 9.74. The zero-order valence-electron chi connectivity index (χ0n) is 11.8. The predicted octanol–water partition coefficient (Wildman–Crippen LogP) is 2.91. The van der Waals surface area contributed by atoms with E-state index in [0.29, 0.717) is 18.0 Å². The van der Waals surface area contributed by atoms with Crippen LogP contribution in [0.4, 0.5) is 5.69 Å². The van der Waals surface area contributed by atoms with Gasteiger partial charge in [0.1, 0.15) is 5.75 Å². The van der Waals surface area contributed by atoms with E-state index in [-0.39, 0.29) is 0 Å². The minimum atomic E-state index is 0.559. The molecule has 2 aromatic rings. The lowest BCUT2D eigenvalue weighted by Crippen LogP contribution is -2.03. The molecule has 0 spiro atoms. The summed E-state index contributed by atoms with van der Waals surface area (Å²) < 4.78 is 16.2. The van der Waals surface area contributed by atoms with Gasteiger partial charge in [0.2, 0.25) is 0 Å². The molecule has 0 unspecified atom stereocenters. The second-order valence-electron chi connectivity index (χ2n) is 4.33. The molecule has 0 saturated carbocycles. The number of para-hydroxylation sites is 2. The summed E-state index contributed by atoms with van der Waals surface area (Å²) in [7, 11) is 3.25. The summed E-state index contributed by atoms with van der Waals surface area (Å²) in [6, 6.07) is 13.3. The smallest absolute Gasteiger partial charge is 0.160 e. The van der Waals surface area contributed by atoms with Crippen LogP contribution < -0.4 is 19.9 Å². The monoisotopic (exact) mass is 273 g/mol. The van der Waals surface area contributed by atoms with Gasteiger partial charge in [0.15, 0.2) is 11.5 Å². The van der Waals surface area contributed by atoms with Crippen LogP contribution in [0.2, 0.25) is 0 Å². The Labute approximate surface area is 119 Å². The van der Waals surface area contributed by atoms with Crippen molar-refractivity contribution < 1.29 is 14.2 Å². The molecule has 0 aliphatic rings. The van der Waals surface area contributed by atoms with Crippen molar-refractivity contribution in [2.24, 2.45) is 0 Å². The lowest BCUT2D eigenvalue weighted by atomic mass is 10.1. The van der Waals surface area contributed by atoms with Crippen LogP contribution in [0.15, 0.2) is 42.5 Å². The molecule has 0 heterocycles. The minimum absolute atomic E-state index is 0.559. The maximum atomic E-state index is 5.82. The highest BCUT2D eigenvalue weighted by Gasteiger charge is 2.05. The number of rotatable bonds is 6. The molecule has 0 bridgehead atoms. The summed E-state index contributed by atoms with van der Waals surface area (Å²) in [6.07, 6.45) is 0.773. The van der Waals surface area contributed by atoms with E-state index < -0.39 is 0 Å². The van der Waals surface area contributed by atoms with Crippen molar-refractivity contribution >= 4 is 5.69 Å². The average molecular weight is 273 g/mol. The van der Waals surface area contributed by atoms with Gasteiger partial charge in [-0.2, -0.15) is 0 Å². The molecule has 2 N–H and O–H groups in total. The van der Waals surface area contributed by atoms with Crippen LogP contribution in [-0.2, 0) is 6.42 Å². The lowest BCUT2D eigenvalue weighted by molar-refractivity contribution is 0.322. The third kappa shape index (κ3) is 3.35. The van der Waals surface area contributed by atoms with Gasteiger partial charge in [-0.1, -0.05) is 18.2 Å². The molecule has 4 heteroatoms. The van der Waals surface area contributed by atoms with Gasteiger partial charge < -0.3 is 19.9 Å². The van der Waals surface area contributed by atoms with Gasteiger partial charge in [-0.25, -0.2) is 0 Å². The van der Waals surface area contributed by atoms with Crippen LogP contribution in [0.5, 0.6) is 17.2 Å². The quantitative estimate of drug-likeness (QED) is 0.822. The number of ether oxygens (including phenoxy) is 3. The van der Waals surface area contributed by atoms with Crippen LogP contribution in [0.1, 0.15) is 5.56 Å². The maximum absolute atomic E-state index is 5.82. The zero-order valence-corrected chi connectivity index (χ0v) is 11.8. The number of hydrogen-bond acceptors (Lipinski definition) is 4. The molecule has 0 aliphatic heterocycles. The summed E-state index contributed by atoms with van der Waals surface area (Å²) in [5.41, 5.74) is 7.60.